The van der Waals surface area contributed by atoms with Gasteiger partial charge in [-0.25, -0.2) is 0 Å². The molecular formula is C13H22ClNO2. The van der Waals surface area contributed by atoms with Gasteiger partial charge in [-0.05, 0) is 12.5 Å². The van der Waals surface area contributed by atoms with Gasteiger partial charge in [-0.15, -0.1) is 12.4 Å². The predicted octanol–water partition coefficient (Wildman–Crippen LogP) is 3.32. The van der Waals surface area contributed by atoms with Crippen LogP contribution in [0.2, 0.25) is 0 Å². The SMILES string of the molecule is CCCC[C@H](N)c1ccc(OC)cc1OC.Cl. The lowest BCUT2D eigenvalue weighted by atomic mass is 10.0. The van der Waals surface area contributed by atoms with Crippen molar-refractivity contribution in [3.63, 3.8) is 0 Å². The standard InChI is InChI=1S/C13H21NO2.ClH/c1-4-5-6-12(14)11-8-7-10(15-2)9-13(11)16-3;/h7-9,12H,4-6,14H2,1-3H3;1H/t12-;/m0./s1. The summed E-state index contributed by atoms with van der Waals surface area (Å²) in [5.74, 6) is 1.60. The summed E-state index contributed by atoms with van der Waals surface area (Å²) in [6.45, 7) is 2.16. The van der Waals surface area contributed by atoms with Crippen LogP contribution in [0.15, 0.2) is 18.2 Å². The highest BCUT2D eigenvalue weighted by atomic mass is 35.5. The van der Waals surface area contributed by atoms with Crippen molar-refractivity contribution in [1.29, 1.82) is 0 Å². The Morgan fingerprint density at radius 3 is 2.47 bits per heavy atom. The van der Waals surface area contributed by atoms with Crippen molar-refractivity contribution < 1.29 is 9.47 Å². The fourth-order valence-corrected chi connectivity index (χ4v) is 1.70. The van der Waals surface area contributed by atoms with E-state index in [2.05, 4.69) is 6.92 Å². The van der Waals surface area contributed by atoms with E-state index in [9.17, 15) is 0 Å². The van der Waals surface area contributed by atoms with E-state index in [1.807, 2.05) is 18.2 Å². The normalized spacial score (nSPS) is 11.5. The number of hydrogen-bond acceptors (Lipinski definition) is 3. The fraction of sp³-hybridized carbons (Fsp3) is 0.538. The molecule has 0 amide bonds. The van der Waals surface area contributed by atoms with Crippen molar-refractivity contribution in [3.05, 3.63) is 23.8 Å². The first-order chi connectivity index (χ1) is 7.72. The molecule has 0 bridgehead atoms. The van der Waals surface area contributed by atoms with Crippen LogP contribution in [0.3, 0.4) is 0 Å². The number of nitrogens with two attached hydrogens (primary N) is 1. The molecule has 0 unspecified atom stereocenters. The molecule has 0 spiro atoms. The second-order valence-corrected chi connectivity index (χ2v) is 3.86. The highest BCUT2D eigenvalue weighted by Gasteiger charge is 2.12. The summed E-state index contributed by atoms with van der Waals surface area (Å²) in [5, 5.41) is 0. The highest BCUT2D eigenvalue weighted by molar-refractivity contribution is 5.85. The van der Waals surface area contributed by atoms with E-state index in [0.717, 1.165) is 36.3 Å². The van der Waals surface area contributed by atoms with E-state index >= 15 is 0 Å². The molecular weight excluding hydrogens is 238 g/mol. The summed E-state index contributed by atoms with van der Waals surface area (Å²) < 4.78 is 10.5. The van der Waals surface area contributed by atoms with Gasteiger partial charge >= 0.3 is 0 Å². The largest absolute Gasteiger partial charge is 0.497 e. The molecule has 0 aromatic heterocycles. The van der Waals surface area contributed by atoms with Crippen molar-refractivity contribution in [2.75, 3.05) is 14.2 Å². The van der Waals surface area contributed by atoms with Crippen LogP contribution in [-0.2, 0) is 0 Å². The zero-order valence-electron chi connectivity index (χ0n) is 10.7. The zero-order valence-corrected chi connectivity index (χ0v) is 11.5. The van der Waals surface area contributed by atoms with Crippen molar-refractivity contribution in [1.82, 2.24) is 0 Å². The summed E-state index contributed by atoms with van der Waals surface area (Å²) in [4.78, 5) is 0. The van der Waals surface area contributed by atoms with Crippen LogP contribution in [0.5, 0.6) is 11.5 Å². The van der Waals surface area contributed by atoms with Crippen molar-refractivity contribution in [3.8, 4) is 11.5 Å². The van der Waals surface area contributed by atoms with Crippen LogP contribution < -0.4 is 15.2 Å². The molecule has 0 saturated carbocycles. The first kappa shape index (κ1) is 16.1. The van der Waals surface area contributed by atoms with E-state index in [1.54, 1.807) is 14.2 Å². The van der Waals surface area contributed by atoms with E-state index in [0.29, 0.717) is 0 Å². The maximum atomic E-state index is 6.13. The van der Waals surface area contributed by atoms with Crippen LogP contribution in [0.25, 0.3) is 0 Å². The molecule has 0 saturated heterocycles. The molecule has 0 radical (unpaired) electrons. The topological polar surface area (TPSA) is 44.5 Å². The minimum absolute atomic E-state index is 0. The second kappa shape index (κ2) is 8.20. The molecule has 4 heteroatoms. The first-order valence-corrected chi connectivity index (χ1v) is 5.70. The van der Waals surface area contributed by atoms with Gasteiger partial charge < -0.3 is 15.2 Å². The van der Waals surface area contributed by atoms with Crippen LogP contribution in [-0.4, -0.2) is 14.2 Å². The van der Waals surface area contributed by atoms with Crippen molar-refractivity contribution in [2.45, 2.75) is 32.2 Å². The number of methoxy groups -OCH3 is 2. The predicted molar refractivity (Wildman–Crippen MR) is 73.2 cm³/mol. The Bertz CT molecular complexity index is 331. The van der Waals surface area contributed by atoms with E-state index in [-0.39, 0.29) is 18.4 Å². The summed E-state index contributed by atoms with van der Waals surface area (Å²) in [6.07, 6.45) is 3.28. The van der Waals surface area contributed by atoms with Crippen LogP contribution in [0.4, 0.5) is 0 Å². The molecule has 0 heterocycles. The number of rotatable bonds is 6. The number of hydrogen-bond donors (Lipinski definition) is 1. The zero-order chi connectivity index (χ0) is 12.0. The van der Waals surface area contributed by atoms with Crippen LogP contribution in [0.1, 0.15) is 37.8 Å². The van der Waals surface area contributed by atoms with Gasteiger partial charge in [-0.3, -0.25) is 0 Å². The van der Waals surface area contributed by atoms with Crippen molar-refractivity contribution in [2.24, 2.45) is 5.73 Å². The smallest absolute Gasteiger partial charge is 0.127 e. The van der Waals surface area contributed by atoms with Gasteiger partial charge in [0.2, 0.25) is 0 Å². The Hall–Kier alpha value is -0.930. The summed E-state index contributed by atoms with van der Waals surface area (Å²) in [6, 6.07) is 5.82. The Morgan fingerprint density at radius 1 is 1.24 bits per heavy atom. The number of ether oxygens (including phenoxy) is 2. The molecule has 98 valence electrons. The van der Waals surface area contributed by atoms with Crippen molar-refractivity contribution >= 4 is 12.4 Å². The average Bonchev–Trinajstić information content (AvgIpc) is 2.34. The lowest BCUT2D eigenvalue weighted by Crippen LogP contribution is -2.11. The minimum atomic E-state index is 0. The summed E-state index contributed by atoms with van der Waals surface area (Å²) in [5.41, 5.74) is 7.18. The Kier molecular flexibility index (Phi) is 7.75. The number of benzene rings is 1. The Balaban J connectivity index is 0.00000256. The molecule has 0 aliphatic heterocycles. The highest BCUT2D eigenvalue weighted by Crippen LogP contribution is 2.30. The number of unbranched alkanes of at least 4 members (excludes halogenated alkanes) is 1. The molecule has 1 aromatic rings. The van der Waals surface area contributed by atoms with Gasteiger partial charge in [0.15, 0.2) is 0 Å². The van der Waals surface area contributed by atoms with Crippen LogP contribution >= 0.6 is 12.4 Å². The Labute approximate surface area is 110 Å². The Morgan fingerprint density at radius 2 is 1.94 bits per heavy atom. The van der Waals surface area contributed by atoms with E-state index < -0.39 is 0 Å². The van der Waals surface area contributed by atoms with Gasteiger partial charge in [-0.2, -0.15) is 0 Å². The lowest BCUT2D eigenvalue weighted by molar-refractivity contribution is 0.387. The number of halogens is 1. The molecule has 17 heavy (non-hydrogen) atoms. The second-order valence-electron chi connectivity index (χ2n) is 3.86. The summed E-state index contributed by atoms with van der Waals surface area (Å²) in [7, 11) is 3.30. The van der Waals surface area contributed by atoms with Crippen LogP contribution in [0, 0.1) is 0 Å². The molecule has 3 nitrogen and oxygen atoms in total. The maximum absolute atomic E-state index is 6.13. The minimum Gasteiger partial charge on any atom is -0.497 e. The lowest BCUT2D eigenvalue weighted by Gasteiger charge is -2.16. The first-order valence-electron chi connectivity index (χ1n) is 5.70. The van der Waals surface area contributed by atoms with E-state index in [1.165, 1.54) is 0 Å². The van der Waals surface area contributed by atoms with Gasteiger partial charge in [-0.1, -0.05) is 25.8 Å². The quantitative estimate of drug-likeness (QED) is 0.852. The van der Waals surface area contributed by atoms with E-state index in [4.69, 9.17) is 15.2 Å². The molecule has 1 aromatic carbocycles. The molecule has 2 N–H and O–H groups in total. The molecule has 0 aliphatic rings. The monoisotopic (exact) mass is 259 g/mol. The fourth-order valence-electron chi connectivity index (χ4n) is 1.70. The molecule has 0 fully saturated rings. The molecule has 0 aliphatic carbocycles. The maximum Gasteiger partial charge on any atom is 0.127 e. The van der Waals surface area contributed by atoms with Gasteiger partial charge in [0, 0.05) is 17.7 Å². The van der Waals surface area contributed by atoms with Gasteiger partial charge in [0.05, 0.1) is 14.2 Å². The van der Waals surface area contributed by atoms with Gasteiger partial charge in [0.1, 0.15) is 11.5 Å². The summed E-state index contributed by atoms with van der Waals surface area (Å²) >= 11 is 0. The molecule has 1 atom stereocenters. The molecule has 1 rings (SSSR count). The third-order valence-electron chi connectivity index (χ3n) is 2.71. The third-order valence-corrected chi connectivity index (χ3v) is 2.71. The third kappa shape index (κ3) is 4.44. The van der Waals surface area contributed by atoms with Gasteiger partial charge in [0.25, 0.3) is 0 Å². The average molecular weight is 260 g/mol.